The monoisotopic (exact) mass is 782 g/mol. The molecule has 3 heteroatoms. The van der Waals surface area contributed by atoms with Gasteiger partial charge in [0.2, 0.25) is 5.69 Å². The lowest BCUT2D eigenvalue weighted by Crippen LogP contribution is -2.36. The lowest BCUT2D eigenvalue weighted by Gasteiger charge is -2.36. The van der Waals surface area contributed by atoms with E-state index in [1.165, 1.54) is 120 Å². The predicted octanol–water partition coefficient (Wildman–Crippen LogP) is 14.5. The Bertz CT molecular complexity index is 2690. The molecule has 2 heterocycles. The summed E-state index contributed by atoms with van der Waals surface area (Å²) >= 11 is 0. The Morgan fingerprint density at radius 2 is 1.13 bits per heavy atom. The van der Waals surface area contributed by atoms with Gasteiger partial charge >= 0.3 is 0 Å². The molecule has 10 rings (SSSR count). The molecule has 4 aliphatic rings. The fourth-order valence-corrected chi connectivity index (χ4v) is 11.5. The van der Waals surface area contributed by atoms with Crippen LogP contribution in [0.1, 0.15) is 75.3 Å². The van der Waals surface area contributed by atoms with Gasteiger partial charge in [0.15, 0.2) is 5.71 Å². The van der Waals surface area contributed by atoms with Crippen LogP contribution in [0.5, 0.6) is 0 Å². The van der Waals surface area contributed by atoms with Crippen LogP contribution in [0.4, 0.5) is 22.7 Å². The molecule has 0 bridgehead atoms. The Hall–Kier alpha value is -6.19. The highest BCUT2D eigenvalue weighted by Gasteiger charge is 2.51. The molecule has 298 valence electrons. The third-order valence-corrected chi connectivity index (χ3v) is 14.2. The first-order valence-corrected chi connectivity index (χ1v) is 22.3. The van der Waals surface area contributed by atoms with Gasteiger partial charge in [-0.15, -0.1) is 0 Å². The molecule has 0 atom stereocenters. The third kappa shape index (κ3) is 6.47. The Morgan fingerprint density at radius 1 is 0.567 bits per heavy atom. The molecule has 0 N–H and O–H groups in total. The molecule has 0 saturated heterocycles. The van der Waals surface area contributed by atoms with Crippen molar-refractivity contribution in [2.45, 2.75) is 75.0 Å². The van der Waals surface area contributed by atoms with Gasteiger partial charge in [-0.2, -0.15) is 4.58 Å². The standard InChI is InChI=1S/C57H56N3/c1-58-50-37-35-43-23-11-15-31-48(43)54(50)56(39-19-5-20-40-56)52(58)33-17-13-29-47(60(45-25-7-3-8-26-45)46-27-9-4-10-28-46)30-14-18-34-53-57(41-21-6-22-42-57)55-49-32-16-12-24-44(49)36-38-51(55)59(53)2/h3-4,7-18,23-38H,5-6,19-22,39-42H2,1-2H3/q+1. The van der Waals surface area contributed by atoms with E-state index in [1.807, 2.05) is 0 Å². The summed E-state index contributed by atoms with van der Waals surface area (Å²) in [6, 6.07) is 48.8. The van der Waals surface area contributed by atoms with E-state index in [0.29, 0.717) is 0 Å². The van der Waals surface area contributed by atoms with Gasteiger partial charge in [0.25, 0.3) is 0 Å². The summed E-state index contributed by atoms with van der Waals surface area (Å²) in [5.74, 6) is 0. The average Bonchev–Trinajstić information content (AvgIpc) is 3.67. The molecule has 2 aliphatic heterocycles. The minimum Gasteiger partial charge on any atom is -0.347 e. The van der Waals surface area contributed by atoms with Crippen LogP contribution in [0.3, 0.4) is 0 Å². The highest BCUT2D eigenvalue weighted by atomic mass is 15.2. The van der Waals surface area contributed by atoms with E-state index in [2.05, 4.69) is 211 Å². The summed E-state index contributed by atoms with van der Waals surface area (Å²) in [5.41, 5.74) is 12.1. The van der Waals surface area contributed by atoms with Gasteiger partial charge in [-0.05, 0) is 107 Å². The van der Waals surface area contributed by atoms with Gasteiger partial charge < -0.3 is 9.80 Å². The second-order valence-electron chi connectivity index (χ2n) is 17.4. The number of anilines is 3. The lowest BCUT2D eigenvalue weighted by atomic mass is 9.66. The van der Waals surface area contributed by atoms with E-state index < -0.39 is 0 Å². The number of fused-ring (bicyclic) bond motifs is 8. The quantitative estimate of drug-likeness (QED) is 0.112. The molecule has 0 aromatic heterocycles. The van der Waals surface area contributed by atoms with Crippen molar-refractivity contribution >= 4 is 50.0 Å². The van der Waals surface area contributed by atoms with Gasteiger partial charge in [-0.1, -0.05) is 154 Å². The molecule has 0 radical (unpaired) electrons. The maximum Gasteiger partial charge on any atom is 0.210 e. The minimum absolute atomic E-state index is 0.0393. The number of benzene rings is 6. The Balaban J connectivity index is 1.03. The zero-order valence-electron chi connectivity index (χ0n) is 35.2. The molecule has 2 saturated carbocycles. The molecule has 6 aromatic rings. The molecule has 3 nitrogen and oxygen atoms in total. The topological polar surface area (TPSA) is 9.49 Å². The molecule has 6 aromatic carbocycles. The van der Waals surface area contributed by atoms with Crippen molar-refractivity contribution in [2.24, 2.45) is 0 Å². The first-order chi connectivity index (χ1) is 29.6. The van der Waals surface area contributed by atoms with Crippen molar-refractivity contribution in [2.75, 3.05) is 23.9 Å². The van der Waals surface area contributed by atoms with Crippen molar-refractivity contribution in [1.29, 1.82) is 0 Å². The van der Waals surface area contributed by atoms with Crippen LogP contribution in [-0.4, -0.2) is 24.4 Å². The zero-order valence-corrected chi connectivity index (χ0v) is 35.2. The number of para-hydroxylation sites is 2. The summed E-state index contributed by atoms with van der Waals surface area (Å²) < 4.78 is 2.48. The number of likely N-dealkylation sites (N-methyl/N-ethyl adjacent to an activating group) is 1. The fourth-order valence-electron chi connectivity index (χ4n) is 11.5. The summed E-state index contributed by atoms with van der Waals surface area (Å²) in [6.07, 6.45) is 30.9. The van der Waals surface area contributed by atoms with E-state index in [-0.39, 0.29) is 10.8 Å². The van der Waals surface area contributed by atoms with E-state index in [0.717, 1.165) is 17.1 Å². The summed E-state index contributed by atoms with van der Waals surface area (Å²) in [4.78, 5) is 4.85. The van der Waals surface area contributed by atoms with Gasteiger partial charge in [-0.25, -0.2) is 0 Å². The number of hydrogen-bond acceptors (Lipinski definition) is 2. The predicted molar refractivity (Wildman–Crippen MR) is 255 cm³/mol. The van der Waals surface area contributed by atoms with Crippen molar-refractivity contribution in [3.63, 3.8) is 0 Å². The number of nitrogens with zero attached hydrogens (tertiary/aromatic N) is 3. The molecular formula is C57H56N3+. The number of hydrogen-bond donors (Lipinski definition) is 0. The van der Waals surface area contributed by atoms with Crippen LogP contribution in [0.2, 0.25) is 0 Å². The van der Waals surface area contributed by atoms with Crippen LogP contribution in [0.15, 0.2) is 193 Å². The van der Waals surface area contributed by atoms with Crippen LogP contribution in [-0.2, 0) is 10.8 Å². The average molecular weight is 783 g/mol. The SMILES string of the molecule is CN1/C(=C/C=C/C=C(/C=C/C=C/C2=[N+](C)c3ccc4ccccc4c3C23CCCCC3)N(c2ccccc2)c2ccccc2)C2(CCCCC2)c2c1ccc1ccccc21. The van der Waals surface area contributed by atoms with E-state index >= 15 is 0 Å². The third-order valence-electron chi connectivity index (χ3n) is 14.2. The van der Waals surface area contributed by atoms with E-state index in [9.17, 15) is 0 Å². The summed E-state index contributed by atoms with van der Waals surface area (Å²) in [5, 5.41) is 5.50. The number of allylic oxidation sites excluding steroid dienone is 9. The Morgan fingerprint density at radius 3 is 1.78 bits per heavy atom. The zero-order chi connectivity index (χ0) is 40.5. The molecule has 0 unspecified atom stereocenters. The smallest absolute Gasteiger partial charge is 0.210 e. The van der Waals surface area contributed by atoms with Crippen LogP contribution >= 0.6 is 0 Å². The fraction of sp³-hybridized carbons (Fsp3) is 0.246. The number of rotatable bonds is 8. The highest BCUT2D eigenvalue weighted by molar-refractivity contribution is 6.08. The van der Waals surface area contributed by atoms with Crippen molar-refractivity contribution in [1.82, 2.24) is 0 Å². The molecule has 2 spiro atoms. The van der Waals surface area contributed by atoms with E-state index in [4.69, 9.17) is 0 Å². The van der Waals surface area contributed by atoms with E-state index in [1.54, 1.807) is 0 Å². The maximum absolute atomic E-state index is 2.48. The largest absolute Gasteiger partial charge is 0.347 e. The second kappa shape index (κ2) is 16.1. The van der Waals surface area contributed by atoms with Crippen LogP contribution < -0.4 is 9.80 Å². The molecule has 60 heavy (non-hydrogen) atoms. The molecule has 2 fully saturated rings. The second-order valence-corrected chi connectivity index (χ2v) is 17.4. The van der Waals surface area contributed by atoms with Crippen LogP contribution in [0, 0.1) is 0 Å². The first-order valence-electron chi connectivity index (χ1n) is 22.3. The molecule has 0 amide bonds. The highest BCUT2D eigenvalue weighted by Crippen LogP contribution is 2.57. The van der Waals surface area contributed by atoms with Gasteiger partial charge in [-0.3, -0.25) is 0 Å². The maximum atomic E-state index is 2.48. The minimum atomic E-state index is 0.0393. The molecule has 2 aliphatic carbocycles. The Labute approximate surface area is 356 Å². The van der Waals surface area contributed by atoms with Gasteiger partial charge in [0.05, 0.1) is 5.41 Å². The summed E-state index contributed by atoms with van der Waals surface area (Å²) in [6.45, 7) is 0. The van der Waals surface area contributed by atoms with Crippen molar-refractivity contribution in [3.8, 4) is 0 Å². The van der Waals surface area contributed by atoms with Gasteiger partial charge in [0, 0.05) is 58.6 Å². The lowest BCUT2D eigenvalue weighted by molar-refractivity contribution is -0.401. The van der Waals surface area contributed by atoms with Gasteiger partial charge in [0.1, 0.15) is 7.05 Å². The van der Waals surface area contributed by atoms with Crippen LogP contribution in [0.25, 0.3) is 21.5 Å². The van der Waals surface area contributed by atoms with Crippen molar-refractivity contribution in [3.05, 3.63) is 205 Å². The molecular weight excluding hydrogens is 727 g/mol. The summed E-state index contributed by atoms with van der Waals surface area (Å²) in [7, 11) is 4.55. The normalized spacial score (nSPS) is 19.3. The first kappa shape index (κ1) is 38.0. The Kier molecular flexibility index (Phi) is 10.2. The van der Waals surface area contributed by atoms with Crippen molar-refractivity contribution < 1.29 is 4.58 Å².